The molecular weight excluding hydrogens is 334 g/mol. The molecule has 27 heavy (non-hydrogen) atoms. The Morgan fingerprint density at radius 3 is 2.78 bits per heavy atom. The largest absolute Gasteiger partial charge is 0.354 e. The van der Waals surface area contributed by atoms with E-state index in [0.717, 1.165) is 42.0 Å². The molecule has 1 amide bonds. The number of hydrogen-bond donors (Lipinski definition) is 1. The van der Waals surface area contributed by atoms with Crippen LogP contribution in [0.3, 0.4) is 0 Å². The van der Waals surface area contributed by atoms with Gasteiger partial charge in [-0.25, -0.2) is 0 Å². The van der Waals surface area contributed by atoms with Crippen molar-refractivity contribution in [1.29, 1.82) is 0 Å². The van der Waals surface area contributed by atoms with E-state index in [1.165, 1.54) is 11.1 Å². The number of nitrogens with zero attached hydrogens (tertiary/aromatic N) is 2. The van der Waals surface area contributed by atoms with Crippen LogP contribution in [0.2, 0.25) is 0 Å². The first-order valence-corrected chi connectivity index (χ1v) is 9.31. The Bertz CT molecular complexity index is 996. The van der Waals surface area contributed by atoms with E-state index < -0.39 is 0 Å². The number of benzene rings is 2. The Morgan fingerprint density at radius 1 is 1.07 bits per heavy atom. The molecule has 2 heterocycles. The molecule has 1 N–H and O–H groups in total. The van der Waals surface area contributed by atoms with E-state index in [1.807, 2.05) is 29.2 Å². The van der Waals surface area contributed by atoms with Gasteiger partial charge in [0.15, 0.2) is 0 Å². The molecule has 2 aromatic carbocycles. The fourth-order valence-electron chi connectivity index (χ4n) is 3.64. The van der Waals surface area contributed by atoms with Crippen molar-refractivity contribution in [3.63, 3.8) is 0 Å². The summed E-state index contributed by atoms with van der Waals surface area (Å²) in [6.45, 7) is 4.89. The summed E-state index contributed by atoms with van der Waals surface area (Å²) in [6.07, 6.45) is 5.40. The number of para-hydroxylation sites is 1. The van der Waals surface area contributed by atoms with Gasteiger partial charge < -0.3 is 10.2 Å². The third-order valence-corrected chi connectivity index (χ3v) is 5.00. The van der Waals surface area contributed by atoms with Crippen LogP contribution in [-0.2, 0) is 6.42 Å². The van der Waals surface area contributed by atoms with Crippen molar-refractivity contribution in [3.05, 3.63) is 83.2 Å². The van der Waals surface area contributed by atoms with Gasteiger partial charge >= 0.3 is 0 Å². The van der Waals surface area contributed by atoms with Gasteiger partial charge in [0.1, 0.15) is 0 Å². The van der Waals surface area contributed by atoms with Gasteiger partial charge in [-0.2, -0.15) is 0 Å². The van der Waals surface area contributed by atoms with E-state index in [0.29, 0.717) is 5.56 Å². The highest BCUT2D eigenvalue weighted by molar-refractivity contribution is 6.07. The Labute approximate surface area is 159 Å². The van der Waals surface area contributed by atoms with E-state index in [-0.39, 0.29) is 5.91 Å². The van der Waals surface area contributed by atoms with E-state index in [4.69, 9.17) is 0 Å². The van der Waals surface area contributed by atoms with Gasteiger partial charge in [-0.05, 0) is 56.0 Å². The first-order valence-electron chi connectivity index (χ1n) is 9.31. The molecule has 1 aromatic heterocycles. The molecule has 4 rings (SSSR count). The Morgan fingerprint density at radius 2 is 1.93 bits per heavy atom. The molecule has 3 aromatic rings. The number of rotatable bonds is 3. The monoisotopic (exact) mass is 357 g/mol. The van der Waals surface area contributed by atoms with Crippen LogP contribution in [-0.4, -0.2) is 17.4 Å². The summed E-state index contributed by atoms with van der Waals surface area (Å²) in [4.78, 5) is 19.3. The first-order chi connectivity index (χ1) is 13.1. The molecule has 1 aliphatic rings. The number of aryl methyl sites for hydroxylation is 3. The summed E-state index contributed by atoms with van der Waals surface area (Å²) in [7, 11) is 0. The van der Waals surface area contributed by atoms with Gasteiger partial charge in [0, 0.05) is 24.1 Å². The van der Waals surface area contributed by atoms with Crippen LogP contribution in [0.1, 0.15) is 33.5 Å². The fraction of sp³-hybridized carbons (Fsp3) is 0.217. The maximum absolute atomic E-state index is 13.1. The standard InChI is InChI=1S/C23H23N3O/c1-16-9-10-21(17(2)12-16)25-20-13-19(14-24-15-20)23(27)26-11-5-7-18-6-3-4-8-22(18)26/h3-4,6,8-10,12-15,25H,5,7,11H2,1-2H3. The molecule has 0 atom stereocenters. The van der Waals surface area contributed by atoms with E-state index in [1.54, 1.807) is 12.4 Å². The average Bonchev–Trinajstić information content (AvgIpc) is 2.69. The molecular formula is C23H23N3O. The minimum Gasteiger partial charge on any atom is -0.354 e. The highest BCUT2D eigenvalue weighted by Gasteiger charge is 2.23. The predicted octanol–water partition coefficient (Wildman–Crippen LogP) is 5.04. The number of carbonyl (C=O) groups excluding carboxylic acids is 1. The summed E-state index contributed by atoms with van der Waals surface area (Å²) in [5.41, 5.74) is 7.08. The molecule has 0 saturated heterocycles. The van der Waals surface area contributed by atoms with Crippen LogP contribution in [0.15, 0.2) is 60.9 Å². The molecule has 4 heteroatoms. The molecule has 0 bridgehead atoms. The quantitative estimate of drug-likeness (QED) is 0.715. The van der Waals surface area contributed by atoms with Gasteiger partial charge in [0.05, 0.1) is 17.4 Å². The minimum atomic E-state index is -0.000993. The smallest absolute Gasteiger partial charge is 0.259 e. The second kappa shape index (κ2) is 7.23. The Balaban J connectivity index is 1.60. The number of amides is 1. The summed E-state index contributed by atoms with van der Waals surface area (Å²) < 4.78 is 0. The van der Waals surface area contributed by atoms with Crippen molar-refractivity contribution in [2.24, 2.45) is 0 Å². The summed E-state index contributed by atoms with van der Waals surface area (Å²) in [6, 6.07) is 16.3. The van der Waals surface area contributed by atoms with Crippen LogP contribution >= 0.6 is 0 Å². The van der Waals surface area contributed by atoms with Gasteiger partial charge in [-0.15, -0.1) is 0 Å². The molecule has 0 saturated carbocycles. The lowest BCUT2D eigenvalue weighted by molar-refractivity contribution is 0.0985. The second-order valence-corrected chi connectivity index (χ2v) is 7.09. The molecule has 1 aliphatic heterocycles. The van der Waals surface area contributed by atoms with Crippen molar-refractivity contribution in [3.8, 4) is 0 Å². The minimum absolute atomic E-state index is 0.000993. The lowest BCUT2D eigenvalue weighted by Crippen LogP contribution is -2.35. The maximum Gasteiger partial charge on any atom is 0.259 e. The van der Waals surface area contributed by atoms with Gasteiger partial charge in [-0.3, -0.25) is 9.78 Å². The topological polar surface area (TPSA) is 45.2 Å². The average molecular weight is 357 g/mol. The van der Waals surface area contributed by atoms with Crippen LogP contribution in [0.4, 0.5) is 17.1 Å². The second-order valence-electron chi connectivity index (χ2n) is 7.09. The van der Waals surface area contributed by atoms with Crippen LogP contribution < -0.4 is 10.2 Å². The number of aromatic nitrogens is 1. The molecule has 136 valence electrons. The maximum atomic E-state index is 13.1. The number of anilines is 3. The molecule has 0 fully saturated rings. The number of pyridine rings is 1. The van der Waals surface area contributed by atoms with E-state index in [2.05, 4.69) is 48.4 Å². The third kappa shape index (κ3) is 3.56. The fourth-order valence-corrected chi connectivity index (χ4v) is 3.64. The van der Waals surface area contributed by atoms with Crippen molar-refractivity contribution in [2.75, 3.05) is 16.8 Å². The lowest BCUT2D eigenvalue weighted by Gasteiger charge is -2.29. The summed E-state index contributed by atoms with van der Waals surface area (Å²) >= 11 is 0. The summed E-state index contributed by atoms with van der Waals surface area (Å²) in [5.74, 6) is -0.000993. The SMILES string of the molecule is Cc1ccc(Nc2cncc(C(=O)N3CCCc4ccccc43)c2)c(C)c1. The molecule has 0 aliphatic carbocycles. The van der Waals surface area contributed by atoms with Gasteiger partial charge in [0.2, 0.25) is 0 Å². The lowest BCUT2D eigenvalue weighted by atomic mass is 10.0. The number of hydrogen-bond acceptors (Lipinski definition) is 3. The van der Waals surface area contributed by atoms with E-state index >= 15 is 0 Å². The van der Waals surface area contributed by atoms with Gasteiger partial charge in [0.25, 0.3) is 5.91 Å². The molecule has 0 radical (unpaired) electrons. The first kappa shape index (κ1) is 17.3. The molecule has 4 nitrogen and oxygen atoms in total. The number of nitrogens with one attached hydrogen (secondary N) is 1. The third-order valence-electron chi connectivity index (χ3n) is 5.00. The van der Waals surface area contributed by atoms with Crippen LogP contribution in [0.25, 0.3) is 0 Å². The van der Waals surface area contributed by atoms with Crippen molar-refractivity contribution in [2.45, 2.75) is 26.7 Å². The zero-order chi connectivity index (χ0) is 18.8. The van der Waals surface area contributed by atoms with Crippen molar-refractivity contribution >= 4 is 23.0 Å². The Hall–Kier alpha value is -3.14. The zero-order valence-electron chi connectivity index (χ0n) is 15.7. The molecule has 0 unspecified atom stereocenters. The Kier molecular flexibility index (Phi) is 4.63. The highest BCUT2D eigenvalue weighted by Crippen LogP contribution is 2.29. The zero-order valence-corrected chi connectivity index (χ0v) is 15.7. The predicted molar refractivity (Wildman–Crippen MR) is 110 cm³/mol. The van der Waals surface area contributed by atoms with Crippen molar-refractivity contribution in [1.82, 2.24) is 4.98 Å². The van der Waals surface area contributed by atoms with Crippen molar-refractivity contribution < 1.29 is 4.79 Å². The highest BCUT2D eigenvalue weighted by atomic mass is 16.2. The molecule has 0 spiro atoms. The van der Waals surface area contributed by atoms with Crippen LogP contribution in [0.5, 0.6) is 0 Å². The normalized spacial score (nSPS) is 13.2. The summed E-state index contributed by atoms with van der Waals surface area (Å²) in [5, 5.41) is 3.38. The van der Waals surface area contributed by atoms with Crippen LogP contribution in [0, 0.1) is 13.8 Å². The van der Waals surface area contributed by atoms with Gasteiger partial charge in [-0.1, -0.05) is 35.9 Å². The van der Waals surface area contributed by atoms with E-state index in [9.17, 15) is 4.79 Å². The number of fused-ring (bicyclic) bond motifs is 1. The number of carbonyl (C=O) groups is 1.